The zero-order valence-electron chi connectivity index (χ0n) is 16.0. The van der Waals surface area contributed by atoms with Gasteiger partial charge in [0, 0.05) is 27.7 Å². The van der Waals surface area contributed by atoms with Crippen molar-refractivity contribution >= 4 is 34.4 Å². The van der Waals surface area contributed by atoms with Crippen molar-refractivity contribution in [2.75, 3.05) is 0 Å². The van der Waals surface area contributed by atoms with Crippen molar-refractivity contribution in [1.82, 2.24) is 4.57 Å². The van der Waals surface area contributed by atoms with Crippen molar-refractivity contribution in [3.05, 3.63) is 63.8 Å². The number of phenolic OH excluding ortho intramolecular Hbond substituents is 1. The van der Waals surface area contributed by atoms with E-state index in [-0.39, 0.29) is 33.6 Å². The molecule has 4 rings (SSSR count). The van der Waals surface area contributed by atoms with Gasteiger partial charge in [-0.05, 0) is 49.4 Å². The van der Waals surface area contributed by atoms with Crippen LogP contribution in [0.5, 0.6) is 5.75 Å². The van der Waals surface area contributed by atoms with Gasteiger partial charge in [0.2, 0.25) is 0 Å². The predicted octanol–water partition coefficient (Wildman–Crippen LogP) is 5.24. The van der Waals surface area contributed by atoms with E-state index < -0.39 is 35.2 Å². The van der Waals surface area contributed by atoms with E-state index >= 15 is 4.39 Å². The summed E-state index contributed by atoms with van der Waals surface area (Å²) in [5.74, 6) is -6.77. The highest BCUT2D eigenvalue weighted by Gasteiger charge is 2.39. The van der Waals surface area contributed by atoms with Crippen LogP contribution in [0.2, 0.25) is 5.02 Å². The topological polar surface area (TPSA) is 79.5 Å². The Kier molecular flexibility index (Phi) is 5.02. The number of carbonyl (C=O) groups is 2. The first-order valence-electron chi connectivity index (χ1n) is 9.47. The average Bonchev–Trinajstić information content (AvgIpc) is 2.93. The van der Waals surface area contributed by atoms with Crippen LogP contribution in [0.4, 0.5) is 8.78 Å². The molecule has 1 fully saturated rings. The fraction of sp³-hybridized carbons (Fsp3) is 0.273. The molecule has 0 radical (unpaired) electrons. The summed E-state index contributed by atoms with van der Waals surface area (Å²) in [4.78, 5) is 25.4. The van der Waals surface area contributed by atoms with Crippen LogP contribution in [0.3, 0.4) is 0 Å². The largest absolute Gasteiger partial charge is 0.503 e. The molecule has 1 saturated carbocycles. The van der Waals surface area contributed by atoms with Gasteiger partial charge in [-0.3, -0.25) is 14.2 Å². The molecule has 0 spiro atoms. The molecule has 30 heavy (non-hydrogen) atoms. The number of benzene rings is 2. The van der Waals surface area contributed by atoms with Crippen molar-refractivity contribution in [2.24, 2.45) is 5.92 Å². The van der Waals surface area contributed by atoms with Gasteiger partial charge in [-0.1, -0.05) is 24.1 Å². The number of phenols is 1. The number of aliphatic carboxylic acids is 1. The van der Waals surface area contributed by atoms with E-state index in [2.05, 4.69) is 0 Å². The van der Waals surface area contributed by atoms with Crippen LogP contribution < -0.4 is 0 Å². The average molecular weight is 434 g/mol. The minimum Gasteiger partial charge on any atom is -0.503 e. The van der Waals surface area contributed by atoms with E-state index in [4.69, 9.17) is 11.6 Å². The lowest BCUT2D eigenvalue weighted by Gasteiger charge is -2.31. The maximum Gasteiger partial charge on any atom is 0.311 e. The Hall–Kier alpha value is -2.93. The van der Waals surface area contributed by atoms with Crippen molar-refractivity contribution in [3.63, 3.8) is 0 Å². The van der Waals surface area contributed by atoms with Gasteiger partial charge in [0.15, 0.2) is 17.4 Å². The molecule has 0 aliphatic heterocycles. The number of halogens is 3. The Bertz CT molecular complexity index is 1200. The summed E-state index contributed by atoms with van der Waals surface area (Å²) in [5.41, 5.74) is 0.327. The van der Waals surface area contributed by atoms with Gasteiger partial charge in [-0.2, -0.15) is 0 Å². The second-order valence-electron chi connectivity index (χ2n) is 7.57. The lowest BCUT2D eigenvalue weighted by Crippen LogP contribution is -2.27. The Balaban J connectivity index is 2.05. The van der Waals surface area contributed by atoms with Crippen LogP contribution in [0.25, 0.3) is 10.9 Å². The predicted molar refractivity (Wildman–Crippen MR) is 107 cm³/mol. The number of hydrogen-bond acceptors (Lipinski definition) is 3. The van der Waals surface area contributed by atoms with E-state index in [1.807, 2.05) is 0 Å². The second-order valence-corrected chi connectivity index (χ2v) is 8.01. The highest BCUT2D eigenvalue weighted by atomic mass is 35.5. The molecule has 2 aromatic carbocycles. The molecule has 0 bridgehead atoms. The Morgan fingerprint density at radius 2 is 1.93 bits per heavy atom. The molecule has 3 aromatic rings. The van der Waals surface area contributed by atoms with Gasteiger partial charge in [0.1, 0.15) is 0 Å². The van der Waals surface area contributed by atoms with Crippen LogP contribution in [0, 0.1) is 24.5 Å². The van der Waals surface area contributed by atoms with Crippen LogP contribution in [0.1, 0.15) is 46.8 Å². The lowest BCUT2D eigenvalue weighted by atomic mass is 9.72. The van der Waals surface area contributed by atoms with Gasteiger partial charge in [0.25, 0.3) is 5.91 Å². The number of rotatable bonds is 4. The first kappa shape index (κ1) is 20.3. The molecule has 0 saturated heterocycles. The Labute approximate surface area is 175 Å². The molecule has 8 heteroatoms. The summed E-state index contributed by atoms with van der Waals surface area (Å²) in [6, 6.07) is 6.93. The number of carboxylic acid groups (broad SMARTS) is 1. The molecule has 2 N–H and O–H groups in total. The molecular formula is C22H18ClF2NO4. The van der Waals surface area contributed by atoms with Crippen LogP contribution in [0.15, 0.2) is 30.3 Å². The Morgan fingerprint density at radius 1 is 1.23 bits per heavy atom. The summed E-state index contributed by atoms with van der Waals surface area (Å²) in [7, 11) is 0. The monoisotopic (exact) mass is 433 g/mol. The number of carboxylic acids is 1. The first-order chi connectivity index (χ1) is 14.2. The number of hydrogen-bond donors (Lipinski definition) is 2. The molecule has 1 unspecified atom stereocenters. The third-order valence-corrected chi connectivity index (χ3v) is 6.12. The number of aromatic hydroxyl groups is 1. The number of carbonyl (C=O) groups excluding carboxylic acids is 1. The minimum absolute atomic E-state index is 0.0883. The van der Waals surface area contributed by atoms with Gasteiger partial charge in [0.05, 0.1) is 11.4 Å². The maximum absolute atomic E-state index is 15.0. The fourth-order valence-corrected chi connectivity index (χ4v) is 4.43. The van der Waals surface area contributed by atoms with E-state index in [1.165, 1.54) is 19.1 Å². The SMILES string of the molecule is Cc1c(C(C(=O)O)C2CCC2)c2c(F)c(O)c(F)cc2n1C(=O)c1cccc(Cl)c1. The fourth-order valence-electron chi connectivity index (χ4n) is 4.24. The summed E-state index contributed by atoms with van der Waals surface area (Å²) < 4.78 is 30.3. The van der Waals surface area contributed by atoms with Crippen molar-refractivity contribution < 1.29 is 28.6 Å². The quantitative estimate of drug-likeness (QED) is 0.589. The Morgan fingerprint density at radius 3 is 2.50 bits per heavy atom. The summed E-state index contributed by atoms with van der Waals surface area (Å²) in [5, 5.41) is 19.8. The van der Waals surface area contributed by atoms with Crippen molar-refractivity contribution in [3.8, 4) is 5.75 Å². The molecule has 1 aliphatic rings. The summed E-state index contributed by atoms with van der Waals surface area (Å²) >= 11 is 5.98. The molecule has 156 valence electrons. The zero-order chi connectivity index (χ0) is 21.7. The molecule has 1 aromatic heterocycles. The molecule has 1 atom stereocenters. The minimum atomic E-state index is -1.27. The van der Waals surface area contributed by atoms with Crippen LogP contribution in [-0.2, 0) is 4.79 Å². The number of aromatic nitrogens is 1. The molecule has 0 amide bonds. The van der Waals surface area contributed by atoms with E-state index in [9.17, 15) is 24.2 Å². The van der Waals surface area contributed by atoms with Crippen molar-refractivity contribution in [2.45, 2.75) is 32.1 Å². The van der Waals surface area contributed by atoms with E-state index in [1.54, 1.807) is 12.1 Å². The highest BCUT2D eigenvalue weighted by Crippen LogP contribution is 2.46. The molecule has 5 nitrogen and oxygen atoms in total. The van der Waals surface area contributed by atoms with Gasteiger partial charge < -0.3 is 10.2 Å². The molecule has 1 aliphatic carbocycles. The second kappa shape index (κ2) is 7.40. The van der Waals surface area contributed by atoms with Crippen molar-refractivity contribution in [1.29, 1.82) is 0 Å². The maximum atomic E-state index is 15.0. The van der Waals surface area contributed by atoms with Gasteiger partial charge in [-0.25, -0.2) is 8.78 Å². The van der Waals surface area contributed by atoms with Gasteiger partial charge >= 0.3 is 5.97 Å². The number of nitrogens with zero attached hydrogens (tertiary/aromatic N) is 1. The van der Waals surface area contributed by atoms with Crippen LogP contribution >= 0.6 is 11.6 Å². The summed E-state index contributed by atoms with van der Waals surface area (Å²) in [6.07, 6.45) is 2.16. The van der Waals surface area contributed by atoms with Crippen LogP contribution in [-0.4, -0.2) is 26.7 Å². The zero-order valence-corrected chi connectivity index (χ0v) is 16.7. The first-order valence-corrected chi connectivity index (χ1v) is 9.85. The van der Waals surface area contributed by atoms with E-state index in [0.29, 0.717) is 17.9 Å². The third kappa shape index (κ3) is 3.04. The molecule has 1 heterocycles. The standard InChI is InChI=1S/C22H18ClF2NO4/c1-10-16(17(22(29)30)11-4-2-5-11)18-15(9-14(24)20(27)19(18)25)26(10)21(28)12-6-3-7-13(23)8-12/h3,6-9,11,17,27H,2,4-5H2,1H3,(H,29,30). The summed E-state index contributed by atoms with van der Waals surface area (Å²) in [6.45, 7) is 1.50. The normalized spacial score (nSPS) is 15.2. The van der Waals surface area contributed by atoms with E-state index in [0.717, 1.165) is 17.1 Å². The lowest BCUT2D eigenvalue weighted by molar-refractivity contribution is -0.141. The number of fused-ring (bicyclic) bond motifs is 1. The smallest absolute Gasteiger partial charge is 0.311 e. The molecular weight excluding hydrogens is 416 g/mol. The van der Waals surface area contributed by atoms with Gasteiger partial charge in [-0.15, -0.1) is 0 Å². The third-order valence-electron chi connectivity index (χ3n) is 5.88. The highest BCUT2D eigenvalue weighted by molar-refractivity contribution is 6.31.